The summed E-state index contributed by atoms with van der Waals surface area (Å²) in [5, 5.41) is 6.29. The fraction of sp³-hybridized carbons (Fsp3) is 0.400. The molecule has 0 bridgehead atoms. The van der Waals surface area contributed by atoms with Crippen LogP contribution in [-0.4, -0.2) is 26.3 Å². The van der Waals surface area contributed by atoms with Gasteiger partial charge in [0.15, 0.2) is 0 Å². The number of H-pyrrole nitrogens is 1. The SMILES string of the molecule is CC(Sc1n[nH]c(N)n1)C(=O)NN. The van der Waals surface area contributed by atoms with Crippen LogP contribution in [0.2, 0.25) is 0 Å². The fourth-order valence-corrected chi connectivity index (χ4v) is 1.38. The minimum Gasteiger partial charge on any atom is -0.368 e. The largest absolute Gasteiger partial charge is 0.368 e. The number of nitrogens with zero attached hydrogens (tertiary/aromatic N) is 2. The van der Waals surface area contributed by atoms with E-state index in [4.69, 9.17) is 11.6 Å². The van der Waals surface area contributed by atoms with Crippen molar-refractivity contribution in [2.45, 2.75) is 17.3 Å². The number of nitrogens with one attached hydrogen (secondary N) is 2. The molecule has 1 aromatic rings. The van der Waals surface area contributed by atoms with Crippen LogP contribution in [0.4, 0.5) is 5.95 Å². The predicted molar refractivity (Wildman–Crippen MR) is 48.4 cm³/mol. The first-order valence-corrected chi connectivity index (χ1v) is 4.36. The molecule has 7 nitrogen and oxygen atoms in total. The van der Waals surface area contributed by atoms with E-state index in [0.717, 1.165) is 0 Å². The molecule has 1 atom stereocenters. The Morgan fingerprint density at radius 2 is 2.46 bits per heavy atom. The van der Waals surface area contributed by atoms with Crippen LogP contribution in [0.5, 0.6) is 0 Å². The molecule has 72 valence electrons. The maximum Gasteiger partial charge on any atom is 0.247 e. The quantitative estimate of drug-likeness (QED) is 0.212. The van der Waals surface area contributed by atoms with E-state index in [2.05, 4.69) is 15.2 Å². The Kier molecular flexibility index (Phi) is 3.09. The van der Waals surface area contributed by atoms with Gasteiger partial charge in [-0.05, 0) is 6.92 Å². The lowest BCUT2D eigenvalue weighted by molar-refractivity contribution is -0.120. The number of carbonyl (C=O) groups excluding carboxylic acids is 1. The molecule has 1 heterocycles. The lowest BCUT2D eigenvalue weighted by atomic mass is 10.5. The van der Waals surface area contributed by atoms with Crippen molar-refractivity contribution in [1.29, 1.82) is 0 Å². The number of hydrogen-bond donors (Lipinski definition) is 4. The van der Waals surface area contributed by atoms with E-state index in [9.17, 15) is 4.79 Å². The van der Waals surface area contributed by atoms with Crippen molar-refractivity contribution >= 4 is 23.6 Å². The summed E-state index contributed by atoms with van der Waals surface area (Å²) < 4.78 is 0. The van der Waals surface area contributed by atoms with E-state index in [1.165, 1.54) is 11.8 Å². The number of amides is 1. The number of aromatic nitrogens is 3. The van der Waals surface area contributed by atoms with Gasteiger partial charge in [-0.3, -0.25) is 10.2 Å². The van der Waals surface area contributed by atoms with Crippen LogP contribution in [0.25, 0.3) is 0 Å². The highest BCUT2D eigenvalue weighted by molar-refractivity contribution is 8.00. The van der Waals surface area contributed by atoms with Gasteiger partial charge < -0.3 is 5.73 Å². The van der Waals surface area contributed by atoms with Gasteiger partial charge in [-0.1, -0.05) is 11.8 Å². The van der Waals surface area contributed by atoms with Gasteiger partial charge in [0.1, 0.15) is 0 Å². The van der Waals surface area contributed by atoms with Gasteiger partial charge in [0.05, 0.1) is 5.25 Å². The molecule has 0 aliphatic carbocycles. The Balaban J connectivity index is 2.54. The van der Waals surface area contributed by atoms with E-state index in [1.54, 1.807) is 6.92 Å². The summed E-state index contributed by atoms with van der Waals surface area (Å²) in [4.78, 5) is 14.8. The predicted octanol–water partition coefficient (Wildman–Crippen LogP) is -1.14. The van der Waals surface area contributed by atoms with E-state index in [1.807, 2.05) is 5.43 Å². The smallest absolute Gasteiger partial charge is 0.247 e. The van der Waals surface area contributed by atoms with E-state index >= 15 is 0 Å². The Morgan fingerprint density at radius 1 is 1.77 bits per heavy atom. The zero-order valence-corrected chi connectivity index (χ0v) is 7.76. The number of anilines is 1. The topological polar surface area (TPSA) is 123 Å². The molecule has 1 amide bonds. The van der Waals surface area contributed by atoms with Crippen molar-refractivity contribution in [1.82, 2.24) is 20.6 Å². The zero-order chi connectivity index (χ0) is 9.84. The number of hydrazine groups is 1. The number of rotatable bonds is 3. The third kappa shape index (κ3) is 2.60. The van der Waals surface area contributed by atoms with E-state index in [-0.39, 0.29) is 17.1 Å². The van der Waals surface area contributed by atoms with Crippen molar-refractivity contribution in [2.75, 3.05) is 5.73 Å². The van der Waals surface area contributed by atoms with E-state index < -0.39 is 0 Å². The standard InChI is InChI=1S/C5H10N6OS/c1-2(3(12)9-7)13-5-8-4(6)10-11-5/h2H,7H2,1H3,(H,9,12)(H3,6,8,10,11). The van der Waals surface area contributed by atoms with Gasteiger partial charge in [-0.15, -0.1) is 5.10 Å². The second-order valence-corrected chi connectivity index (χ2v) is 3.58. The first-order valence-electron chi connectivity index (χ1n) is 3.48. The van der Waals surface area contributed by atoms with Crippen molar-refractivity contribution in [3.05, 3.63) is 0 Å². The van der Waals surface area contributed by atoms with Crippen LogP contribution < -0.4 is 17.0 Å². The first-order chi connectivity index (χ1) is 6.13. The maximum atomic E-state index is 11.0. The molecule has 6 N–H and O–H groups in total. The highest BCUT2D eigenvalue weighted by Gasteiger charge is 2.15. The maximum absolute atomic E-state index is 11.0. The van der Waals surface area contributed by atoms with Gasteiger partial charge in [0.25, 0.3) is 0 Å². The number of aromatic amines is 1. The molecular weight excluding hydrogens is 192 g/mol. The highest BCUT2D eigenvalue weighted by Crippen LogP contribution is 2.18. The van der Waals surface area contributed by atoms with Gasteiger partial charge >= 0.3 is 0 Å². The van der Waals surface area contributed by atoms with Gasteiger partial charge in [-0.2, -0.15) is 4.98 Å². The van der Waals surface area contributed by atoms with Crippen LogP contribution in [0.3, 0.4) is 0 Å². The second kappa shape index (κ2) is 4.10. The Labute approximate surface area is 78.6 Å². The van der Waals surface area contributed by atoms with Crippen LogP contribution in [0.15, 0.2) is 5.16 Å². The van der Waals surface area contributed by atoms with Crippen molar-refractivity contribution < 1.29 is 4.79 Å². The molecule has 0 saturated carbocycles. The second-order valence-electron chi connectivity index (χ2n) is 2.27. The lowest BCUT2D eigenvalue weighted by Gasteiger charge is -2.04. The number of nitrogen functional groups attached to an aromatic ring is 1. The van der Waals surface area contributed by atoms with Crippen molar-refractivity contribution in [3.8, 4) is 0 Å². The number of thioether (sulfide) groups is 1. The molecule has 0 radical (unpaired) electrons. The summed E-state index contributed by atoms with van der Waals surface area (Å²) in [6.07, 6.45) is 0. The van der Waals surface area contributed by atoms with Gasteiger partial charge in [0.2, 0.25) is 17.0 Å². The summed E-state index contributed by atoms with van der Waals surface area (Å²) in [6.45, 7) is 1.69. The molecule has 1 rings (SSSR count). The summed E-state index contributed by atoms with van der Waals surface area (Å²) >= 11 is 1.17. The minimum atomic E-state index is -0.347. The van der Waals surface area contributed by atoms with Crippen molar-refractivity contribution in [3.63, 3.8) is 0 Å². The minimum absolute atomic E-state index is 0.225. The first kappa shape index (κ1) is 9.81. The molecule has 0 fully saturated rings. The molecule has 1 unspecified atom stereocenters. The monoisotopic (exact) mass is 202 g/mol. The van der Waals surface area contributed by atoms with Gasteiger partial charge in [-0.25, -0.2) is 10.9 Å². The molecule has 0 aliphatic heterocycles. The third-order valence-corrected chi connectivity index (χ3v) is 2.24. The fourth-order valence-electron chi connectivity index (χ4n) is 0.640. The molecule has 13 heavy (non-hydrogen) atoms. The van der Waals surface area contributed by atoms with Crippen LogP contribution in [0, 0.1) is 0 Å². The molecule has 0 spiro atoms. The summed E-state index contributed by atoms with van der Waals surface area (Å²) in [5.74, 6) is 4.89. The number of nitrogens with two attached hydrogens (primary N) is 2. The summed E-state index contributed by atoms with van der Waals surface area (Å²) in [5.41, 5.74) is 7.33. The van der Waals surface area contributed by atoms with Crippen LogP contribution >= 0.6 is 11.8 Å². The van der Waals surface area contributed by atoms with Gasteiger partial charge in [0, 0.05) is 0 Å². The average Bonchev–Trinajstić information content (AvgIpc) is 2.49. The zero-order valence-electron chi connectivity index (χ0n) is 6.94. The highest BCUT2D eigenvalue weighted by atomic mass is 32.2. The lowest BCUT2D eigenvalue weighted by Crippen LogP contribution is -2.36. The number of carbonyl (C=O) groups is 1. The summed E-state index contributed by atoms with van der Waals surface area (Å²) in [6, 6.07) is 0. The summed E-state index contributed by atoms with van der Waals surface area (Å²) in [7, 11) is 0. The van der Waals surface area contributed by atoms with Crippen LogP contribution in [0.1, 0.15) is 6.92 Å². The molecule has 0 aliphatic rings. The molecular formula is C5H10N6OS. The molecule has 0 aromatic carbocycles. The molecule has 0 saturated heterocycles. The normalized spacial score (nSPS) is 12.5. The molecule has 1 aromatic heterocycles. The average molecular weight is 202 g/mol. The molecule has 8 heteroatoms. The Morgan fingerprint density at radius 3 is 2.92 bits per heavy atom. The van der Waals surface area contributed by atoms with Crippen LogP contribution in [-0.2, 0) is 4.79 Å². The third-order valence-electron chi connectivity index (χ3n) is 1.28. The number of hydrogen-bond acceptors (Lipinski definition) is 6. The van der Waals surface area contributed by atoms with E-state index in [0.29, 0.717) is 5.16 Å². The Hall–Kier alpha value is -1.28. The Bertz CT molecular complexity index is 299. The van der Waals surface area contributed by atoms with Crippen molar-refractivity contribution in [2.24, 2.45) is 5.84 Å².